The molecule has 1 aliphatic carbocycles. The Morgan fingerprint density at radius 3 is 2.73 bits per heavy atom. The van der Waals surface area contributed by atoms with Gasteiger partial charge in [0.05, 0.1) is 12.1 Å². The highest BCUT2D eigenvalue weighted by Gasteiger charge is 2.40. The molecule has 1 aromatic rings. The number of nitrogens with zero attached hydrogens (tertiary/aromatic N) is 1. The Kier molecular flexibility index (Phi) is 8.37. The van der Waals surface area contributed by atoms with Gasteiger partial charge >= 0.3 is 6.18 Å². The van der Waals surface area contributed by atoms with Gasteiger partial charge in [-0.3, -0.25) is 9.59 Å². The largest absolute Gasteiger partial charge is 0.416 e. The Balaban J connectivity index is 1.48. The van der Waals surface area contributed by atoms with Crippen LogP contribution >= 0.6 is 0 Å². The molecule has 1 saturated carbocycles. The molecule has 1 aliphatic heterocycles. The number of carbonyl (C=O) groups excluding carboxylic acids is 2. The Morgan fingerprint density at radius 1 is 1.21 bits per heavy atom. The maximum Gasteiger partial charge on any atom is 0.416 e. The monoisotopic (exact) mass is 469 g/mol. The van der Waals surface area contributed by atoms with E-state index in [2.05, 4.69) is 29.7 Å². The van der Waals surface area contributed by atoms with Crippen molar-refractivity contribution in [2.75, 3.05) is 18.4 Å². The molecular weight excluding hydrogens is 438 g/mol. The van der Waals surface area contributed by atoms with Crippen molar-refractivity contribution in [3.63, 3.8) is 0 Å². The summed E-state index contributed by atoms with van der Waals surface area (Å²) in [5.41, 5.74) is -1.27. The first-order valence-electron chi connectivity index (χ1n) is 11.6. The summed E-state index contributed by atoms with van der Waals surface area (Å²) in [6, 6.07) is 1.56. The highest BCUT2D eigenvalue weighted by atomic mass is 19.4. The van der Waals surface area contributed by atoms with Gasteiger partial charge in [-0.2, -0.15) is 13.2 Å². The smallest absolute Gasteiger partial charge is 0.376 e. The average Bonchev–Trinajstić information content (AvgIpc) is 3.29. The van der Waals surface area contributed by atoms with Crippen molar-refractivity contribution in [2.24, 2.45) is 5.92 Å². The van der Waals surface area contributed by atoms with E-state index in [9.17, 15) is 27.2 Å². The third kappa shape index (κ3) is 7.20. The molecule has 1 heterocycles. The predicted molar refractivity (Wildman–Crippen MR) is 118 cm³/mol. The van der Waals surface area contributed by atoms with Crippen LogP contribution in [0, 0.1) is 11.7 Å². The molecule has 1 aromatic carbocycles. The third-order valence-corrected chi connectivity index (χ3v) is 6.07. The summed E-state index contributed by atoms with van der Waals surface area (Å²) < 4.78 is 52.2. The molecule has 2 N–H and O–H groups in total. The molecule has 182 valence electrons. The summed E-state index contributed by atoms with van der Waals surface area (Å²) in [5.74, 6) is -1.32. The normalized spacial score (nSPS) is 22.6. The number of unbranched alkanes of at least 4 members (excludes halogenated alkanes) is 3. The number of hydrogen-bond donors (Lipinski definition) is 2. The van der Waals surface area contributed by atoms with Crippen LogP contribution in [-0.2, 0) is 15.8 Å². The molecule has 1 saturated heterocycles. The van der Waals surface area contributed by atoms with Crippen molar-refractivity contribution < 1.29 is 27.2 Å². The molecule has 2 fully saturated rings. The van der Waals surface area contributed by atoms with Crippen molar-refractivity contribution in [1.29, 1.82) is 0 Å². The number of allylic oxidation sites excluding steroid dienone is 1. The van der Waals surface area contributed by atoms with E-state index in [1.807, 2.05) is 0 Å². The number of hydrogen-bond acceptors (Lipinski definition) is 3. The fourth-order valence-electron chi connectivity index (χ4n) is 4.13. The van der Waals surface area contributed by atoms with Gasteiger partial charge in [0.25, 0.3) is 0 Å². The van der Waals surface area contributed by atoms with E-state index in [-0.39, 0.29) is 24.2 Å². The Morgan fingerprint density at radius 2 is 2.00 bits per heavy atom. The molecule has 0 radical (unpaired) electrons. The average molecular weight is 470 g/mol. The van der Waals surface area contributed by atoms with Crippen molar-refractivity contribution >= 4 is 17.5 Å². The van der Waals surface area contributed by atoms with Gasteiger partial charge in [0, 0.05) is 18.3 Å². The molecule has 3 atom stereocenters. The zero-order valence-corrected chi connectivity index (χ0v) is 18.8. The minimum Gasteiger partial charge on any atom is -0.376 e. The van der Waals surface area contributed by atoms with E-state index >= 15 is 0 Å². The molecule has 2 amide bonds. The summed E-state index contributed by atoms with van der Waals surface area (Å²) in [4.78, 5) is 26.8. The molecular formula is C24H31F4N3O2. The molecule has 0 aromatic heterocycles. The molecule has 9 heteroatoms. The first kappa shape index (κ1) is 25.1. The highest BCUT2D eigenvalue weighted by molar-refractivity contribution is 5.90. The van der Waals surface area contributed by atoms with Crippen LogP contribution in [0.2, 0.25) is 0 Å². The molecule has 2 aliphatic rings. The molecule has 33 heavy (non-hydrogen) atoms. The second-order valence-electron chi connectivity index (χ2n) is 8.76. The van der Waals surface area contributed by atoms with Gasteiger partial charge in [0.1, 0.15) is 11.9 Å². The zero-order valence-electron chi connectivity index (χ0n) is 18.8. The van der Waals surface area contributed by atoms with Crippen LogP contribution in [0.5, 0.6) is 0 Å². The van der Waals surface area contributed by atoms with Gasteiger partial charge in [-0.1, -0.05) is 31.9 Å². The van der Waals surface area contributed by atoms with Crippen molar-refractivity contribution in [3.8, 4) is 0 Å². The number of alkyl halides is 3. The van der Waals surface area contributed by atoms with E-state index in [1.54, 1.807) is 0 Å². The van der Waals surface area contributed by atoms with Crippen molar-refractivity contribution in [2.45, 2.75) is 70.1 Å². The lowest BCUT2D eigenvalue weighted by molar-refractivity contribution is -0.137. The number of amides is 2. The number of likely N-dealkylation sites (tertiary alicyclic amines) is 1. The summed E-state index contributed by atoms with van der Waals surface area (Å²) >= 11 is 0. The van der Waals surface area contributed by atoms with Gasteiger partial charge in [-0.25, -0.2) is 4.39 Å². The number of halogens is 4. The number of nitrogens with one attached hydrogen (secondary N) is 2. The molecule has 0 unspecified atom stereocenters. The standard InChI is InChI=1S/C24H31F4N3O2/c1-2-3-4-5-6-8-16-11-20(16)30-23(33)21-9-7-10-31(21)22(32)15-29-19-13-17(24(26,27)28)12-18(25)14-19/h6,8,12-14,16,20-21,29H,2-5,7,9-11,15H2,1H3,(H,30,33)/b8-6-/t16-,20-,21+/m1/s1. The predicted octanol–water partition coefficient (Wildman–Crippen LogP) is 4.89. The third-order valence-electron chi connectivity index (χ3n) is 6.07. The molecule has 5 nitrogen and oxygen atoms in total. The van der Waals surface area contributed by atoms with Gasteiger partial charge < -0.3 is 15.5 Å². The SMILES string of the molecule is CCCCC/C=C\[C@@H]1C[C@H]1NC(=O)[C@@H]1CCCN1C(=O)CNc1cc(F)cc(C(F)(F)F)c1. The lowest BCUT2D eigenvalue weighted by Gasteiger charge is -2.24. The van der Waals surface area contributed by atoms with Crippen LogP contribution in [0.4, 0.5) is 23.2 Å². The first-order valence-corrected chi connectivity index (χ1v) is 11.6. The lowest BCUT2D eigenvalue weighted by Crippen LogP contribution is -2.48. The van der Waals surface area contributed by atoms with E-state index in [0.717, 1.165) is 31.4 Å². The van der Waals surface area contributed by atoms with Crippen LogP contribution in [-0.4, -0.2) is 41.9 Å². The van der Waals surface area contributed by atoms with Crippen LogP contribution in [0.1, 0.15) is 57.4 Å². The molecule has 0 bridgehead atoms. The van der Waals surface area contributed by atoms with Crippen LogP contribution in [0.15, 0.2) is 30.4 Å². The number of benzene rings is 1. The second kappa shape index (κ2) is 11.0. The topological polar surface area (TPSA) is 61.4 Å². The minimum absolute atomic E-state index is 0.0867. The van der Waals surface area contributed by atoms with E-state index < -0.39 is 29.5 Å². The van der Waals surface area contributed by atoms with Crippen molar-refractivity contribution in [3.05, 3.63) is 41.7 Å². The Bertz CT molecular complexity index is 872. The Hall–Kier alpha value is -2.58. The van der Waals surface area contributed by atoms with E-state index in [4.69, 9.17) is 0 Å². The number of carbonyl (C=O) groups is 2. The second-order valence-corrected chi connectivity index (χ2v) is 8.76. The van der Waals surface area contributed by atoms with Crippen molar-refractivity contribution in [1.82, 2.24) is 10.2 Å². The summed E-state index contributed by atoms with van der Waals surface area (Å²) in [5, 5.41) is 5.57. The number of rotatable bonds is 10. The first-order chi connectivity index (χ1) is 15.7. The Labute approximate surface area is 191 Å². The summed E-state index contributed by atoms with van der Waals surface area (Å²) in [6.45, 7) is 2.24. The van der Waals surface area contributed by atoms with E-state index in [0.29, 0.717) is 31.4 Å². The minimum atomic E-state index is -4.69. The quantitative estimate of drug-likeness (QED) is 0.291. The maximum absolute atomic E-state index is 13.5. The van der Waals surface area contributed by atoms with Gasteiger partial charge in [-0.15, -0.1) is 0 Å². The van der Waals surface area contributed by atoms with Gasteiger partial charge in [0.2, 0.25) is 11.8 Å². The van der Waals surface area contributed by atoms with Gasteiger partial charge in [0.15, 0.2) is 0 Å². The lowest BCUT2D eigenvalue weighted by atomic mass is 10.2. The molecule has 3 rings (SSSR count). The highest BCUT2D eigenvalue weighted by Crippen LogP contribution is 2.33. The van der Waals surface area contributed by atoms with E-state index in [1.165, 1.54) is 17.7 Å². The fourth-order valence-corrected chi connectivity index (χ4v) is 4.13. The van der Waals surface area contributed by atoms with Crippen LogP contribution in [0.3, 0.4) is 0 Å². The van der Waals surface area contributed by atoms with Crippen LogP contribution in [0.25, 0.3) is 0 Å². The maximum atomic E-state index is 13.5. The summed E-state index contributed by atoms with van der Waals surface area (Å²) in [7, 11) is 0. The van der Waals surface area contributed by atoms with Crippen LogP contribution < -0.4 is 10.6 Å². The van der Waals surface area contributed by atoms with Gasteiger partial charge in [-0.05, 0) is 56.2 Å². The number of anilines is 1. The molecule has 0 spiro atoms. The summed E-state index contributed by atoms with van der Waals surface area (Å²) in [6.07, 6.45) is 6.32. The zero-order chi connectivity index (χ0) is 24.0. The fraction of sp³-hybridized carbons (Fsp3) is 0.583.